The molecule has 1 aliphatic rings. The Bertz CT molecular complexity index is 1760. The molecule has 8 nitrogen and oxygen atoms in total. The molecule has 1 saturated heterocycles. The van der Waals surface area contributed by atoms with Crippen LogP contribution in [0, 0.1) is 11.6 Å². The Kier molecular flexibility index (Phi) is 8.78. The lowest BCUT2D eigenvalue weighted by Crippen LogP contribution is -2.59. The van der Waals surface area contributed by atoms with Crippen molar-refractivity contribution in [2.75, 3.05) is 26.4 Å². The lowest BCUT2D eigenvalue weighted by molar-refractivity contribution is -0.125. The van der Waals surface area contributed by atoms with Crippen molar-refractivity contribution in [1.82, 2.24) is 24.8 Å². The maximum absolute atomic E-state index is 15.1. The van der Waals surface area contributed by atoms with Crippen molar-refractivity contribution < 1.29 is 22.0 Å². The maximum Gasteiger partial charge on any atom is 0.178 e. The van der Waals surface area contributed by atoms with Crippen LogP contribution < -0.4 is 0 Å². The number of para-hydroxylation sites is 1. The van der Waals surface area contributed by atoms with Gasteiger partial charge in [-0.2, -0.15) is 0 Å². The third kappa shape index (κ3) is 6.25. The molecule has 0 unspecified atom stereocenters. The molecule has 3 heterocycles. The van der Waals surface area contributed by atoms with Gasteiger partial charge in [0.2, 0.25) is 0 Å². The Balaban J connectivity index is 1.42. The lowest BCUT2D eigenvalue weighted by atomic mass is 9.96. The Morgan fingerprint density at radius 1 is 1.09 bits per heavy atom. The van der Waals surface area contributed by atoms with Gasteiger partial charge < -0.3 is 4.98 Å². The third-order valence-corrected chi connectivity index (χ3v) is 9.71. The predicted molar refractivity (Wildman–Crippen MR) is 163 cm³/mol. The molecule has 0 radical (unpaired) electrons. The SMILES string of the molecule is CC[C@@H](C(=O)Cc1cccc2c(-c3nc(Cc4cccc(S(C)(=O)=O)c4F)ncc3F)c[nH]c12)N1C[C@H](C)N(C)[C@@H](C)C1. The maximum atomic E-state index is 15.1. The number of sulfone groups is 1. The van der Waals surface area contributed by atoms with E-state index in [9.17, 15) is 17.6 Å². The number of fused-ring (bicyclic) bond motifs is 1. The summed E-state index contributed by atoms with van der Waals surface area (Å²) in [6.07, 6.45) is 4.46. The average Bonchev–Trinajstić information content (AvgIpc) is 3.38. The quantitative estimate of drug-likeness (QED) is 0.291. The molecule has 1 aliphatic heterocycles. The second-order valence-electron chi connectivity index (χ2n) is 11.6. The van der Waals surface area contributed by atoms with Crippen LogP contribution >= 0.6 is 0 Å². The number of hydrogen-bond acceptors (Lipinski definition) is 7. The van der Waals surface area contributed by atoms with Crippen molar-refractivity contribution in [2.45, 2.75) is 63.1 Å². The molecule has 43 heavy (non-hydrogen) atoms. The Hall–Kier alpha value is -3.54. The van der Waals surface area contributed by atoms with Gasteiger partial charge in [0.15, 0.2) is 21.4 Å². The molecule has 5 rings (SSSR count). The third-order valence-electron chi connectivity index (χ3n) is 8.59. The normalized spacial score (nSPS) is 19.1. The zero-order valence-corrected chi connectivity index (χ0v) is 25.9. The second-order valence-corrected chi connectivity index (χ2v) is 13.6. The van der Waals surface area contributed by atoms with Crippen LogP contribution in [-0.2, 0) is 27.5 Å². The number of nitrogens with one attached hydrogen (secondary N) is 1. The fourth-order valence-electron chi connectivity index (χ4n) is 6.08. The monoisotopic (exact) mass is 609 g/mol. The minimum atomic E-state index is -3.77. The van der Waals surface area contributed by atoms with Crippen LogP contribution in [0.2, 0.25) is 0 Å². The number of Topliss-reactive ketones (excluding diaryl/α,β-unsaturated/α-hetero) is 1. The van der Waals surface area contributed by atoms with Gasteiger partial charge in [0.05, 0.1) is 12.2 Å². The first-order valence-electron chi connectivity index (χ1n) is 14.5. The van der Waals surface area contributed by atoms with E-state index in [0.717, 1.165) is 43.0 Å². The van der Waals surface area contributed by atoms with Gasteiger partial charge in [-0.05, 0) is 44.5 Å². The fourth-order valence-corrected chi connectivity index (χ4v) is 6.86. The molecule has 2 aromatic heterocycles. The van der Waals surface area contributed by atoms with E-state index in [1.165, 1.54) is 18.2 Å². The zero-order valence-electron chi connectivity index (χ0n) is 25.1. The predicted octanol–water partition coefficient (Wildman–Crippen LogP) is 4.81. The number of likely N-dealkylation sites (N-methyl/N-ethyl adjacent to an activating group) is 1. The van der Waals surface area contributed by atoms with E-state index in [-0.39, 0.29) is 41.7 Å². The van der Waals surface area contributed by atoms with Crippen LogP contribution in [0.5, 0.6) is 0 Å². The van der Waals surface area contributed by atoms with Crippen molar-refractivity contribution in [2.24, 2.45) is 0 Å². The Labute approximate surface area is 251 Å². The summed E-state index contributed by atoms with van der Waals surface area (Å²) < 4.78 is 54.0. The first-order valence-corrected chi connectivity index (χ1v) is 16.3. The largest absolute Gasteiger partial charge is 0.360 e. The molecule has 0 amide bonds. The highest BCUT2D eigenvalue weighted by Gasteiger charge is 2.33. The van der Waals surface area contributed by atoms with Gasteiger partial charge in [-0.15, -0.1) is 0 Å². The van der Waals surface area contributed by atoms with Gasteiger partial charge in [0.25, 0.3) is 0 Å². The van der Waals surface area contributed by atoms with Crippen molar-refractivity contribution >= 4 is 26.5 Å². The molecular formula is C32H37F2N5O3S. The topological polar surface area (TPSA) is 99.3 Å². The van der Waals surface area contributed by atoms with Gasteiger partial charge >= 0.3 is 0 Å². The van der Waals surface area contributed by atoms with Gasteiger partial charge in [0.1, 0.15) is 22.2 Å². The van der Waals surface area contributed by atoms with Gasteiger partial charge in [-0.3, -0.25) is 14.6 Å². The molecule has 4 aromatic rings. The molecule has 2 aromatic carbocycles. The van der Waals surface area contributed by atoms with Crippen LogP contribution in [0.4, 0.5) is 8.78 Å². The molecule has 0 aliphatic carbocycles. The molecule has 1 fully saturated rings. The molecule has 11 heteroatoms. The molecule has 3 atom stereocenters. The molecular weight excluding hydrogens is 572 g/mol. The van der Waals surface area contributed by atoms with Gasteiger partial charge in [-0.25, -0.2) is 27.2 Å². The number of halogens is 2. The number of piperazine rings is 1. The minimum absolute atomic E-state index is 0.0336. The summed E-state index contributed by atoms with van der Waals surface area (Å²) in [6, 6.07) is 10.2. The summed E-state index contributed by atoms with van der Waals surface area (Å²) in [4.78, 5) is 29.5. The summed E-state index contributed by atoms with van der Waals surface area (Å²) in [5.41, 5.74) is 2.16. The zero-order chi connectivity index (χ0) is 31.1. The molecule has 0 spiro atoms. The van der Waals surface area contributed by atoms with E-state index in [2.05, 4.69) is 45.6 Å². The second kappa shape index (κ2) is 12.2. The van der Waals surface area contributed by atoms with Gasteiger partial charge in [0, 0.05) is 66.9 Å². The number of aromatic nitrogens is 3. The lowest BCUT2D eigenvalue weighted by Gasteiger charge is -2.45. The number of carbonyl (C=O) groups is 1. The molecule has 0 saturated carbocycles. The van der Waals surface area contributed by atoms with Crippen LogP contribution in [0.1, 0.15) is 44.1 Å². The number of hydrogen-bond donors (Lipinski definition) is 1. The first-order chi connectivity index (χ1) is 20.4. The van der Waals surface area contributed by atoms with E-state index < -0.39 is 26.4 Å². The summed E-state index contributed by atoms with van der Waals surface area (Å²) in [6.45, 7) is 8.08. The van der Waals surface area contributed by atoms with Crippen LogP contribution in [0.25, 0.3) is 22.2 Å². The van der Waals surface area contributed by atoms with Crippen molar-refractivity contribution in [3.05, 3.63) is 77.4 Å². The van der Waals surface area contributed by atoms with Crippen molar-refractivity contribution in [3.63, 3.8) is 0 Å². The van der Waals surface area contributed by atoms with Crippen molar-refractivity contribution in [1.29, 1.82) is 0 Å². The number of benzene rings is 2. The van der Waals surface area contributed by atoms with Crippen LogP contribution in [0.3, 0.4) is 0 Å². The van der Waals surface area contributed by atoms with E-state index in [0.29, 0.717) is 23.0 Å². The van der Waals surface area contributed by atoms with E-state index in [1.807, 2.05) is 25.1 Å². The molecule has 0 bridgehead atoms. The highest BCUT2D eigenvalue weighted by Crippen LogP contribution is 2.32. The summed E-state index contributed by atoms with van der Waals surface area (Å²) in [7, 11) is -1.64. The Morgan fingerprint density at radius 3 is 2.44 bits per heavy atom. The summed E-state index contributed by atoms with van der Waals surface area (Å²) in [5, 5.41) is 0.703. The average molecular weight is 610 g/mol. The summed E-state index contributed by atoms with van der Waals surface area (Å²) >= 11 is 0. The minimum Gasteiger partial charge on any atom is -0.360 e. The van der Waals surface area contributed by atoms with Gasteiger partial charge in [-0.1, -0.05) is 37.3 Å². The molecule has 228 valence electrons. The number of carbonyl (C=O) groups excluding carboxylic acids is 1. The van der Waals surface area contributed by atoms with Crippen LogP contribution in [-0.4, -0.2) is 83.5 Å². The smallest absolute Gasteiger partial charge is 0.178 e. The van der Waals surface area contributed by atoms with E-state index >= 15 is 4.39 Å². The van der Waals surface area contributed by atoms with Crippen LogP contribution in [0.15, 0.2) is 53.7 Å². The highest BCUT2D eigenvalue weighted by atomic mass is 32.2. The van der Waals surface area contributed by atoms with E-state index in [1.54, 1.807) is 6.20 Å². The van der Waals surface area contributed by atoms with Crippen molar-refractivity contribution in [3.8, 4) is 11.3 Å². The molecule has 1 N–H and O–H groups in total. The number of H-pyrrole nitrogens is 1. The number of nitrogens with zero attached hydrogens (tertiary/aromatic N) is 4. The standard InChI is InChI=1S/C32H37F2N5O3S/c1-6-26(39-17-19(2)38(4)20(3)18-39)27(40)13-22-10-7-11-23-24(15-36-31(22)23)32-25(33)16-35-29(37-32)14-21-9-8-12-28(30(21)34)43(5,41)42/h7-12,15-16,19-20,26,36H,6,13-14,17-18H2,1-5H3/t19-,20-,26-/m0/s1. The number of ketones is 1. The van der Waals surface area contributed by atoms with E-state index in [4.69, 9.17) is 0 Å². The number of rotatable bonds is 9. The Morgan fingerprint density at radius 2 is 1.77 bits per heavy atom. The number of aromatic amines is 1. The summed E-state index contributed by atoms with van der Waals surface area (Å²) in [5.74, 6) is -1.24. The fraction of sp³-hybridized carbons (Fsp3) is 0.406. The highest BCUT2D eigenvalue weighted by molar-refractivity contribution is 7.90. The first kappa shape index (κ1) is 30.9.